The molecule has 0 fully saturated rings. The number of carboxylic acid groups (broad SMARTS) is 1. The van der Waals surface area contributed by atoms with Gasteiger partial charge in [-0.05, 0) is 36.2 Å². The number of ether oxygens (including phenoxy) is 1. The predicted molar refractivity (Wildman–Crippen MR) is 91.0 cm³/mol. The summed E-state index contributed by atoms with van der Waals surface area (Å²) in [4.78, 5) is 23.2. The Morgan fingerprint density at radius 3 is 2.40 bits per heavy atom. The monoisotopic (exact) mass is 345 g/mol. The molecule has 1 amide bonds. The maximum absolute atomic E-state index is 12.9. The molecular formula is C19H20FNO4. The molecule has 0 saturated carbocycles. The molecule has 0 aliphatic carbocycles. The number of carbonyl (C=O) groups excluding carboxylic acids is 1. The second kappa shape index (κ2) is 9.42. The number of para-hydroxylation sites is 1. The fourth-order valence-corrected chi connectivity index (χ4v) is 2.29. The van der Waals surface area contributed by atoms with E-state index in [9.17, 15) is 19.1 Å². The molecule has 0 saturated heterocycles. The summed E-state index contributed by atoms with van der Waals surface area (Å²) in [5.41, 5.74) is 0.446. The minimum Gasteiger partial charge on any atom is -0.494 e. The van der Waals surface area contributed by atoms with E-state index in [2.05, 4.69) is 5.32 Å². The number of nitrogens with one attached hydrogen (secondary N) is 1. The Hall–Kier alpha value is -2.89. The maximum atomic E-state index is 12.9. The first-order valence-electron chi connectivity index (χ1n) is 7.99. The van der Waals surface area contributed by atoms with Gasteiger partial charge in [0.15, 0.2) is 0 Å². The van der Waals surface area contributed by atoms with Gasteiger partial charge in [-0.3, -0.25) is 9.59 Å². The van der Waals surface area contributed by atoms with Crippen LogP contribution in [-0.4, -0.2) is 30.1 Å². The molecule has 2 aromatic carbocycles. The molecular weight excluding hydrogens is 325 g/mol. The van der Waals surface area contributed by atoms with Crippen LogP contribution in [0.1, 0.15) is 24.3 Å². The summed E-state index contributed by atoms with van der Waals surface area (Å²) < 4.78 is 18.4. The first-order valence-corrected chi connectivity index (χ1v) is 7.99. The van der Waals surface area contributed by atoms with Crippen LogP contribution < -0.4 is 10.1 Å². The van der Waals surface area contributed by atoms with Crippen LogP contribution in [0.5, 0.6) is 5.75 Å². The number of halogens is 1. The Morgan fingerprint density at radius 1 is 1.08 bits per heavy atom. The zero-order valence-electron chi connectivity index (χ0n) is 13.7. The van der Waals surface area contributed by atoms with Crippen molar-refractivity contribution in [3.63, 3.8) is 0 Å². The molecule has 2 N–H and O–H groups in total. The zero-order chi connectivity index (χ0) is 18.1. The van der Waals surface area contributed by atoms with Gasteiger partial charge in [0.1, 0.15) is 11.6 Å². The Bertz CT molecular complexity index is 688. The first kappa shape index (κ1) is 18.4. The number of carbonyl (C=O) groups is 2. The van der Waals surface area contributed by atoms with Crippen molar-refractivity contribution >= 4 is 11.9 Å². The fourth-order valence-electron chi connectivity index (χ4n) is 2.29. The SMILES string of the molecule is O=C(CCCOc1ccccc1)NCC(C(=O)O)c1ccc(F)cc1. The Labute approximate surface area is 145 Å². The third-order valence-corrected chi connectivity index (χ3v) is 3.63. The summed E-state index contributed by atoms with van der Waals surface area (Å²) in [7, 11) is 0. The largest absolute Gasteiger partial charge is 0.494 e. The molecule has 0 aliphatic rings. The molecule has 2 rings (SSSR count). The molecule has 0 aliphatic heterocycles. The fraction of sp³-hybridized carbons (Fsp3) is 0.263. The van der Waals surface area contributed by atoms with E-state index < -0.39 is 17.7 Å². The van der Waals surface area contributed by atoms with Gasteiger partial charge in [0.2, 0.25) is 5.91 Å². The van der Waals surface area contributed by atoms with Crippen molar-refractivity contribution in [2.24, 2.45) is 0 Å². The van der Waals surface area contributed by atoms with Crippen LogP contribution in [0, 0.1) is 5.82 Å². The second-order valence-electron chi connectivity index (χ2n) is 5.51. The molecule has 6 heteroatoms. The van der Waals surface area contributed by atoms with Crippen LogP contribution in [0.15, 0.2) is 54.6 Å². The number of hydrogen-bond donors (Lipinski definition) is 2. The molecule has 0 aromatic heterocycles. The van der Waals surface area contributed by atoms with E-state index >= 15 is 0 Å². The highest BCUT2D eigenvalue weighted by Gasteiger charge is 2.20. The lowest BCUT2D eigenvalue weighted by molar-refractivity contribution is -0.138. The molecule has 0 bridgehead atoms. The highest BCUT2D eigenvalue weighted by molar-refractivity contribution is 5.79. The standard InChI is InChI=1S/C19H20FNO4/c20-15-10-8-14(9-11-15)17(19(23)24)13-21-18(22)7-4-12-25-16-5-2-1-3-6-16/h1-3,5-6,8-11,17H,4,7,12-13H2,(H,21,22)(H,23,24). The molecule has 5 nitrogen and oxygen atoms in total. The molecule has 0 radical (unpaired) electrons. The number of hydrogen-bond acceptors (Lipinski definition) is 3. The van der Waals surface area contributed by atoms with Gasteiger partial charge in [-0.2, -0.15) is 0 Å². The highest BCUT2D eigenvalue weighted by atomic mass is 19.1. The van der Waals surface area contributed by atoms with Gasteiger partial charge >= 0.3 is 5.97 Å². The summed E-state index contributed by atoms with van der Waals surface area (Å²) in [5.74, 6) is -1.92. The van der Waals surface area contributed by atoms with E-state index in [1.807, 2.05) is 30.3 Å². The Balaban J connectivity index is 1.73. The second-order valence-corrected chi connectivity index (χ2v) is 5.51. The number of aliphatic carboxylic acids is 1. The van der Waals surface area contributed by atoms with Crippen LogP contribution in [0.2, 0.25) is 0 Å². The minimum atomic E-state index is -1.07. The van der Waals surface area contributed by atoms with Gasteiger partial charge in [-0.15, -0.1) is 0 Å². The van der Waals surface area contributed by atoms with Crippen LogP contribution in [-0.2, 0) is 9.59 Å². The van der Waals surface area contributed by atoms with Gasteiger partial charge in [-0.1, -0.05) is 30.3 Å². The molecule has 1 atom stereocenters. The number of amides is 1. The predicted octanol–water partition coefficient (Wildman–Crippen LogP) is 2.97. The van der Waals surface area contributed by atoms with Crippen LogP contribution in [0.3, 0.4) is 0 Å². The van der Waals surface area contributed by atoms with Crippen LogP contribution >= 0.6 is 0 Å². The zero-order valence-corrected chi connectivity index (χ0v) is 13.7. The lowest BCUT2D eigenvalue weighted by atomic mass is 9.99. The van der Waals surface area contributed by atoms with Crippen molar-refractivity contribution in [1.82, 2.24) is 5.32 Å². The van der Waals surface area contributed by atoms with Crippen molar-refractivity contribution in [1.29, 1.82) is 0 Å². The lowest BCUT2D eigenvalue weighted by Crippen LogP contribution is -2.31. The molecule has 0 spiro atoms. The van der Waals surface area contributed by atoms with Gasteiger partial charge in [0.25, 0.3) is 0 Å². The molecule has 25 heavy (non-hydrogen) atoms. The Morgan fingerprint density at radius 2 is 1.76 bits per heavy atom. The first-order chi connectivity index (χ1) is 12.1. The van der Waals surface area contributed by atoms with E-state index in [-0.39, 0.29) is 18.9 Å². The Kier molecular flexibility index (Phi) is 6.95. The molecule has 1 unspecified atom stereocenters. The van der Waals surface area contributed by atoms with Crippen molar-refractivity contribution in [3.8, 4) is 5.75 Å². The lowest BCUT2D eigenvalue weighted by Gasteiger charge is -2.14. The van der Waals surface area contributed by atoms with Crippen LogP contribution in [0.25, 0.3) is 0 Å². The minimum absolute atomic E-state index is 0.0423. The highest BCUT2D eigenvalue weighted by Crippen LogP contribution is 2.16. The van der Waals surface area contributed by atoms with Crippen molar-refractivity contribution < 1.29 is 23.8 Å². The van der Waals surface area contributed by atoms with E-state index in [0.29, 0.717) is 18.6 Å². The van der Waals surface area contributed by atoms with Gasteiger partial charge in [0.05, 0.1) is 12.5 Å². The van der Waals surface area contributed by atoms with E-state index in [1.54, 1.807) is 0 Å². The average molecular weight is 345 g/mol. The number of rotatable bonds is 9. The van der Waals surface area contributed by atoms with E-state index in [0.717, 1.165) is 5.75 Å². The van der Waals surface area contributed by atoms with Crippen molar-refractivity contribution in [2.75, 3.05) is 13.2 Å². The normalized spacial score (nSPS) is 11.6. The maximum Gasteiger partial charge on any atom is 0.312 e. The summed E-state index contributed by atoms with van der Waals surface area (Å²) in [6.45, 7) is 0.358. The summed E-state index contributed by atoms with van der Waals surface area (Å²) >= 11 is 0. The summed E-state index contributed by atoms with van der Waals surface area (Å²) in [5, 5.41) is 11.9. The van der Waals surface area contributed by atoms with Crippen molar-refractivity contribution in [2.45, 2.75) is 18.8 Å². The third kappa shape index (κ3) is 6.25. The molecule has 132 valence electrons. The summed E-state index contributed by atoms with van der Waals surface area (Å²) in [6, 6.07) is 14.5. The molecule has 2 aromatic rings. The quantitative estimate of drug-likeness (QED) is 0.685. The third-order valence-electron chi connectivity index (χ3n) is 3.63. The number of benzene rings is 2. The smallest absolute Gasteiger partial charge is 0.312 e. The van der Waals surface area contributed by atoms with Gasteiger partial charge < -0.3 is 15.2 Å². The number of carboxylic acids is 1. The summed E-state index contributed by atoms with van der Waals surface area (Å²) in [6.07, 6.45) is 0.762. The average Bonchev–Trinajstić information content (AvgIpc) is 2.61. The van der Waals surface area contributed by atoms with E-state index in [4.69, 9.17) is 4.74 Å². The topological polar surface area (TPSA) is 75.6 Å². The van der Waals surface area contributed by atoms with Crippen LogP contribution in [0.4, 0.5) is 4.39 Å². The van der Waals surface area contributed by atoms with Gasteiger partial charge in [0, 0.05) is 13.0 Å². The molecule has 0 heterocycles. The van der Waals surface area contributed by atoms with Crippen molar-refractivity contribution in [3.05, 3.63) is 66.0 Å². The van der Waals surface area contributed by atoms with Gasteiger partial charge in [-0.25, -0.2) is 4.39 Å². The van der Waals surface area contributed by atoms with E-state index in [1.165, 1.54) is 24.3 Å².